The lowest BCUT2D eigenvalue weighted by molar-refractivity contribution is -0.286. The molecule has 6 rings (SSSR count). The number of alkyl halides is 2. The highest BCUT2D eigenvalue weighted by molar-refractivity contribution is 5.98. The molecule has 3 aromatic carbocycles. The number of carboxylic acids is 1. The van der Waals surface area contributed by atoms with Crippen molar-refractivity contribution in [3.63, 3.8) is 0 Å². The van der Waals surface area contributed by atoms with Gasteiger partial charge in [-0.1, -0.05) is 42.5 Å². The number of pyridine rings is 1. The Balaban J connectivity index is 1.33. The van der Waals surface area contributed by atoms with Gasteiger partial charge in [0.05, 0.1) is 16.7 Å². The fraction of sp³-hybridized carbons (Fsp3) is 0.179. The van der Waals surface area contributed by atoms with Crippen molar-refractivity contribution in [1.82, 2.24) is 4.98 Å². The molecule has 1 aromatic heterocycles. The second-order valence-corrected chi connectivity index (χ2v) is 9.08. The van der Waals surface area contributed by atoms with Crippen LogP contribution < -0.4 is 9.47 Å². The Morgan fingerprint density at radius 1 is 0.917 bits per heavy atom. The van der Waals surface area contributed by atoms with E-state index in [9.17, 15) is 23.5 Å². The lowest BCUT2D eigenvalue weighted by Crippen LogP contribution is -2.26. The third-order valence-corrected chi connectivity index (χ3v) is 6.78. The van der Waals surface area contributed by atoms with Crippen molar-refractivity contribution in [1.29, 1.82) is 0 Å². The highest BCUT2D eigenvalue weighted by Crippen LogP contribution is 2.52. The van der Waals surface area contributed by atoms with Crippen LogP contribution in [-0.4, -0.2) is 28.1 Å². The van der Waals surface area contributed by atoms with E-state index in [1.807, 2.05) is 30.3 Å². The van der Waals surface area contributed by atoms with Crippen molar-refractivity contribution in [3.8, 4) is 22.8 Å². The van der Waals surface area contributed by atoms with Gasteiger partial charge in [-0.15, -0.1) is 8.78 Å². The van der Waals surface area contributed by atoms with Gasteiger partial charge >= 0.3 is 12.3 Å². The molecular formula is C28H19F2NO5. The largest absolute Gasteiger partial charge is 0.586 e. The van der Waals surface area contributed by atoms with Gasteiger partial charge in [-0.3, -0.25) is 9.78 Å². The van der Waals surface area contributed by atoms with E-state index in [0.717, 1.165) is 16.3 Å². The Hall–Kier alpha value is -4.33. The molecule has 0 amide bonds. The maximum absolute atomic E-state index is 13.5. The summed E-state index contributed by atoms with van der Waals surface area (Å²) in [5.74, 6) is -1.20. The van der Waals surface area contributed by atoms with Crippen LogP contribution in [0.15, 0.2) is 72.8 Å². The molecule has 0 saturated heterocycles. The number of nitrogens with zero attached hydrogens (tertiary/aromatic N) is 1. The highest BCUT2D eigenvalue weighted by Gasteiger charge is 2.52. The number of Topliss-reactive ketones (excluding diaryl/α,β-unsaturated/α-hetero) is 1. The minimum Gasteiger partial charge on any atom is -0.478 e. The third kappa shape index (κ3) is 3.75. The molecule has 0 unspecified atom stereocenters. The number of carbonyl (C=O) groups excluding carboxylic acids is 1. The fourth-order valence-electron chi connectivity index (χ4n) is 4.77. The second kappa shape index (κ2) is 7.84. The molecule has 1 saturated carbocycles. The van der Waals surface area contributed by atoms with Gasteiger partial charge in [0.1, 0.15) is 5.78 Å². The highest BCUT2D eigenvalue weighted by atomic mass is 19.3. The second-order valence-electron chi connectivity index (χ2n) is 9.08. The van der Waals surface area contributed by atoms with Crippen LogP contribution in [0.25, 0.3) is 22.0 Å². The van der Waals surface area contributed by atoms with Gasteiger partial charge in [0.2, 0.25) is 0 Å². The van der Waals surface area contributed by atoms with E-state index >= 15 is 0 Å². The molecule has 6 nitrogen and oxygen atoms in total. The first-order valence-electron chi connectivity index (χ1n) is 11.4. The van der Waals surface area contributed by atoms with E-state index in [1.165, 1.54) is 24.3 Å². The molecular weight excluding hydrogens is 468 g/mol. The first-order chi connectivity index (χ1) is 17.2. The predicted octanol–water partition coefficient (Wildman–Crippen LogP) is 5.76. The quantitative estimate of drug-likeness (QED) is 0.372. The van der Waals surface area contributed by atoms with Crippen molar-refractivity contribution in [2.45, 2.75) is 31.0 Å². The molecule has 0 bridgehead atoms. The van der Waals surface area contributed by atoms with Gasteiger partial charge in [-0.25, -0.2) is 4.79 Å². The molecule has 0 radical (unpaired) electrons. The van der Waals surface area contributed by atoms with Crippen LogP contribution >= 0.6 is 0 Å². The van der Waals surface area contributed by atoms with Crippen LogP contribution in [0.5, 0.6) is 11.5 Å². The number of aromatic nitrogens is 1. The Bertz CT molecular complexity index is 1540. The van der Waals surface area contributed by atoms with Gasteiger partial charge in [-0.05, 0) is 54.1 Å². The van der Waals surface area contributed by atoms with E-state index in [0.29, 0.717) is 29.8 Å². The van der Waals surface area contributed by atoms with Gasteiger partial charge in [0.15, 0.2) is 11.5 Å². The average Bonchev–Trinajstić information content (AvgIpc) is 3.60. The van der Waals surface area contributed by atoms with Gasteiger partial charge in [0, 0.05) is 23.1 Å². The fourth-order valence-corrected chi connectivity index (χ4v) is 4.77. The van der Waals surface area contributed by atoms with Gasteiger partial charge in [0.25, 0.3) is 0 Å². The average molecular weight is 487 g/mol. The molecule has 1 N–H and O–H groups in total. The maximum Gasteiger partial charge on any atom is 0.586 e. The van der Waals surface area contributed by atoms with E-state index in [2.05, 4.69) is 9.47 Å². The zero-order valence-electron chi connectivity index (χ0n) is 18.8. The summed E-state index contributed by atoms with van der Waals surface area (Å²) in [5, 5.41) is 11.0. The number of carboxylic acid groups (broad SMARTS) is 1. The lowest BCUT2D eigenvalue weighted by Gasteiger charge is -2.16. The number of rotatable bonds is 6. The summed E-state index contributed by atoms with van der Waals surface area (Å²) in [6.45, 7) is 0. The Morgan fingerprint density at radius 3 is 2.36 bits per heavy atom. The molecule has 180 valence electrons. The number of ether oxygens (including phenoxy) is 2. The van der Waals surface area contributed by atoms with E-state index < -0.39 is 17.7 Å². The van der Waals surface area contributed by atoms with Crippen molar-refractivity contribution in [2.75, 3.05) is 0 Å². The zero-order chi connectivity index (χ0) is 25.1. The molecule has 2 aliphatic rings. The van der Waals surface area contributed by atoms with Crippen molar-refractivity contribution >= 4 is 22.5 Å². The van der Waals surface area contributed by atoms with Gasteiger partial charge in [-0.2, -0.15) is 0 Å². The third-order valence-electron chi connectivity index (χ3n) is 6.78. The minimum absolute atomic E-state index is 0.0527. The smallest absolute Gasteiger partial charge is 0.478 e. The van der Waals surface area contributed by atoms with Crippen molar-refractivity contribution in [2.24, 2.45) is 0 Å². The van der Waals surface area contributed by atoms with Gasteiger partial charge < -0.3 is 14.6 Å². The number of aromatic carboxylic acids is 1. The summed E-state index contributed by atoms with van der Waals surface area (Å²) in [6, 6.07) is 20.5. The van der Waals surface area contributed by atoms with Crippen LogP contribution in [0, 0.1) is 0 Å². The maximum atomic E-state index is 13.5. The number of fused-ring (bicyclic) bond motifs is 2. The summed E-state index contributed by atoms with van der Waals surface area (Å²) in [7, 11) is 0. The van der Waals surface area contributed by atoms with Crippen LogP contribution in [0.3, 0.4) is 0 Å². The topological polar surface area (TPSA) is 85.7 Å². The number of benzene rings is 3. The Kier molecular flexibility index (Phi) is 4.83. The molecule has 4 aromatic rings. The normalized spacial score (nSPS) is 16.6. The van der Waals surface area contributed by atoms with Crippen LogP contribution in [0.4, 0.5) is 8.78 Å². The predicted molar refractivity (Wildman–Crippen MR) is 126 cm³/mol. The summed E-state index contributed by atoms with van der Waals surface area (Å²) in [4.78, 5) is 29.5. The summed E-state index contributed by atoms with van der Waals surface area (Å²) < 4.78 is 35.9. The Morgan fingerprint density at radius 2 is 1.64 bits per heavy atom. The zero-order valence-corrected chi connectivity index (χ0v) is 18.8. The molecule has 0 spiro atoms. The number of carbonyl (C=O) groups is 2. The number of ketones is 1. The lowest BCUT2D eigenvalue weighted by atomic mass is 9.88. The standard InChI is InChI=1S/C28H19F2NO5/c29-28(30)35-22-10-9-19(14-23(22)36-28)27(11-12-27)24(32)15-20-13-18-3-1-2-4-21(18)25(31-20)16-5-7-17(8-6-16)26(33)34/h1-10,13-14H,11-12,15H2,(H,33,34). The molecule has 8 heteroatoms. The molecule has 36 heavy (non-hydrogen) atoms. The van der Waals surface area contributed by atoms with Crippen LogP contribution in [0.1, 0.15) is 34.5 Å². The number of hydrogen-bond acceptors (Lipinski definition) is 5. The molecule has 1 aliphatic carbocycles. The minimum atomic E-state index is -3.71. The number of halogens is 2. The molecule has 0 atom stereocenters. The molecule has 1 fully saturated rings. The van der Waals surface area contributed by atoms with E-state index in [-0.39, 0.29) is 29.3 Å². The van der Waals surface area contributed by atoms with Crippen LogP contribution in [0.2, 0.25) is 0 Å². The molecule has 1 aliphatic heterocycles. The monoisotopic (exact) mass is 487 g/mol. The summed E-state index contributed by atoms with van der Waals surface area (Å²) in [5.41, 5.74) is 2.00. The summed E-state index contributed by atoms with van der Waals surface area (Å²) in [6.07, 6.45) is -2.43. The SMILES string of the molecule is O=C(O)c1ccc(-c2nc(CC(=O)C3(c4ccc5c(c4)OC(F)(F)O5)CC3)cc3ccccc23)cc1. The molecule has 2 heterocycles. The van der Waals surface area contributed by atoms with Crippen molar-refractivity contribution in [3.05, 3.63) is 89.6 Å². The number of hydrogen-bond donors (Lipinski definition) is 1. The summed E-state index contributed by atoms with van der Waals surface area (Å²) >= 11 is 0. The van der Waals surface area contributed by atoms with E-state index in [1.54, 1.807) is 18.2 Å². The van der Waals surface area contributed by atoms with Crippen molar-refractivity contribution < 1.29 is 33.0 Å². The Labute approximate surface area is 204 Å². The van der Waals surface area contributed by atoms with Crippen LogP contribution in [-0.2, 0) is 16.6 Å². The first-order valence-corrected chi connectivity index (χ1v) is 11.4. The first kappa shape index (κ1) is 22.2. The van der Waals surface area contributed by atoms with E-state index in [4.69, 9.17) is 4.98 Å².